The number of rotatable bonds is 5. The molecule has 1 aliphatic heterocycles. The Balaban J connectivity index is 1.46. The molecule has 2 nitrogen and oxygen atoms in total. The van der Waals surface area contributed by atoms with Gasteiger partial charge < -0.3 is 10.2 Å². The normalized spacial score (nSPS) is 13.8. The summed E-state index contributed by atoms with van der Waals surface area (Å²) in [4.78, 5) is 3.76. The van der Waals surface area contributed by atoms with Crippen LogP contribution in [0.1, 0.15) is 10.4 Å². The average molecular weight is 293 g/mol. The number of fused-ring (bicyclic) bond motifs is 1. The van der Waals surface area contributed by atoms with Gasteiger partial charge in [-0.15, -0.1) is 11.3 Å². The van der Waals surface area contributed by atoms with Crippen LogP contribution in [-0.4, -0.2) is 19.6 Å². The molecule has 1 aromatic heterocycles. The van der Waals surface area contributed by atoms with Gasteiger partial charge in [0.25, 0.3) is 0 Å². The van der Waals surface area contributed by atoms with Crippen LogP contribution < -0.4 is 10.2 Å². The molecule has 2 aromatic rings. The molecule has 1 aromatic carbocycles. The van der Waals surface area contributed by atoms with Crippen LogP contribution in [0, 0.1) is 0 Å². The third-order valence-corrected chi connectivity index (χ3v) is 4.70. The Bertz CT molecular complexity index is 553. The Morgan fingerprint density at radius 3 is 2.95 bits per heavy atom. The highest BCUT2D eigenvalue weighted by Gasteiger charge is 2.17. The molecule has 0 aliphatic carbocycles. The van der Waals surface area contributed by atoms with E-state index >= 15 is 0 Å². The lowest BCUT2D eigenvalue weighted by atomic mass is 10.2. The summed E-state index contributed by atoms with van der Waals surface area (Å²) in [7, 11) is 0. The van der Waals surface area contributed by atoms with Crippen LogP contribution in [0.4, 0.5) is 5.69 Å². The molecule has 1 N–H and O–H groups in total. The van der Waals surface area contributed by atoms with Crippen LogP contribution in [-0.2, 0) is 13.0 Å². The van der Waals surface area contributed by atoms with Crippen molar-refractivity contribution in [3.8, 4) is 0 Å². The van der Waals surface area contributed by atoms with E-state index in [0.29, 0.717) is 0 Å². The molecule has 0 atom stereocenters. The minimum Gasteiger partial charge on any atom is -0.370 e. The zero-order chi connectivity index (χ0) is 13.1. The lowest BCUT2D eigenvalue weighted by Gasteiger charge is -2.19. The van der Waals surface area contributed by atoms with Crippen molar-refractivity contribution in [2.75, 3.05) is 24.5 Å². The fraction of sp³-hybridized carbons (Fsp3) is 0.333. The summed E-state index contributed by atoms with van der Waals surface area (Å²) >= 11 is 7.56. The van der Waals surface area contributed by atoms with Crippen LogP contribution in [0.5, 0.6) is 0 Å². The second-order valence-corrected chi connectivity index (χ2v) is 6.55. The molecule has 0 bridgehead atoms. The highest BCUT2D eigenvalue weighted by molar-refractivity contribution is 7.16. The molecule has 0 spiro atoms. The molecule has 19 heavy (non-hydrogen) atoms. The number of anilines is 1. The molecule has 2 heterocycles. The van der Waals surface area contributed by atoms with Gasteiger partial charge in [-0.1, -0.05) is 29.8 Å². The Hall–Kier alpha value is -1.03. The smallest absolute Gasteiger partial charge is 0.0931 e. The number of nitrogens with one attached hydrogen (secondary N) is 1. The number of hydrogen-bond acceptors (Lipinski definition) is 3. The molecular formula is C15H17ClN2S. The second kappa shape index (κ2) is 5.95. The summed E-state index contributed by atoms with van der Waals surface area (Å²) < 4.78 is 0.866. The van der Waals surface area contributed by atoms with Crippen molar-refractivity contribution in [1.82, 2.24) is 5.32 Å². The van der Waals surface area contributed by atoms with Crippen molar-refractivity contribution >= 4 is 28.6 Å². The van der Waals surface area contributed by atoms with Gasteiger partial charge in [-0.3, -0.25) is 0 Å². The van der Waals surface area contributed by atoms with Crippen LogP contribution in [0.2, 0.25) is 4.34 Å². The van der Waals surface area contributed by atoms with E-state index in [-0.39, 0.29) is 0 Å². The van der Waals surface area contributed by atoms with Crippen LogP contribution in [0.15, 0.2) is 36.4 Å². The van der Waals surface area contributed by atoms with Gasteiger partial charge in [-0.05, 0) is 30.2 Å². The van der Waals surface area contributed by atoms with Gasteiger partial charge in [0.1, 0.15) is 0 Å². The molecule has 3 rings (SSSR count). The van der Waals surface area contributed by atoms with E-state index in [1.54, 1.807) is 11.3 Å². The highest BCUT2D eigenvalue weighted by atomic mass is 35.5. The number of thiophene rings is 1. The maximum atomic E-state index is 5.92. The van der Waals surface area contributed by atoms with Crippen LogP contribution in [0.25, 0.3) is 0 Å². The molecule has 1 aliphatic rings. The summed E-state index contributed by atoms with van der Waals surface area (Å²) in [5.74, 6) is 0. The summed E-state index contributed by atoms with van der Waals surface area (Å²) in [6.07, 6.45) is 1.18. The SMILES string of the molecule is Clc1ccc(CNCCN2CCc3ccccc32)s1. The van der Waals surface area contributed by atoms with Gasteiger partial charge in [-0.25, -0.2) is 0 Å². The Morgan fingerprint density at radius 2 is 2.11 bits per heavy atom. The number of hydrogen-bond donors (Lipinski definition) is 1. The van der Waals surface area contributed by atoms with E-state index in [1.807, 2.05) is 6.07 Å². The summed E-state index contributed by atoms with van der Waals surface area (Å²) in [5, 5.41) is 3.48. The van der Waals surface area contributed by atoms with E-state index in [1.165, 1.54) is 22.5 Å². The molecule has 4 heteroatoms. The van der Waals surface area contributed by atoms with Crippen LogP contribution >= 0.6 is 22.9 Å². The molecule has 0 unspecified atom stereocenters. The Morgan fingerprint density at radius 1 is 1.21 bits per heavy atom. The molecule has 0 amide bonds. The first-order valence-corrected chi connectivity index (χ1v) is 7.80. The van der Waals surface area contributed by atoms with E-state index in [9.17, 15) is 0 Å². The van der Waals surface area contributed by atoms with Crippen molar-refractivity contribution in [3.63, 3.8) is 0 Å². The maximum Gasteiger partial charge on any atom is 0.0931 e. The number of benzene rings is 1. The summed E-state index contributed by atoms with van der Waals surface area (Å²) in [6, 6.07) is 12.8. The number of halogens is 1. The topological polar surface area (TPSA) is 15.3 Å². The molecule has 0 fully saturated rings. The summed E-state index contributed by atoms with van der Waals surface area (Å²) in [5.41, 5.74) is 2.89. The predicted molar refractivity (Wildman–Crippen MR) is 83.4 cm³/mol. The standard InChI is InChI=1S/C15H17ClN2S/c16-15-6-5-13(19-15)11-17-8-10-18-9-7-12-3-1-2-4-14(12)18/h1-6,17H,7-11H2. The number of nitrogens with zero attached hydrogens (tertiary/aromatic N) is 1. The predicted octanol–water partition coefficient (Wildman–Crippen LogP) is 3.55. The zero-order valence-corrected chi connectivity index (χ0v) is 12.3. The maximum absolute atomic E-state index is 5.92. The van der Waals surface area contributed by atoms with Gasteiger partial charge in [0.05, 0.1) is 4.34 Å². The molecule has 0 saturated heterocycles. The van der Waals surface area contributed by atoms with Gasteiger partial charge >= 0.3 is 0 Å². The van der Waals surface area contributed by atoms with Gasteiger partial charge in [-0.2, -0.15) is 0 Å². The van der Waals surface area contributed by atoms with Gasteiger partial charge in [0, 0.05) is 36.7 Å². The molecule has 0 saturated carbocycles. The van der Waals surface area contributed by atoms with Crippen molar-refractivity contribution in [2.45, 2.75) is 13.0 Å². The molecular weight excluding hydrogens is 276 g/mol. The zero-order valence-electron chi connectivity index (χ0n) is 10.7. The van der Waals surface area contributed by atoms with Gasteiger partial charge in [0.15, 0.2) is 0 Å². The van der Waals surface area contributed by atoms with E-state index in [0.717, 1.165) is 30.5 Å². The Labute approximate surface area is 123 Å². The fourth-order valence-electron chi connectivity index (χ4n) is 2.51. The largest absolute Gasteiger partial charge is 0.370 e. The lowest BCUT2D eigenvalue weighted by Crippen LogP contribution is -2.30. The van der Waals surface area contributed by atoms with Crippen molar-refractivity contribution < 1.29 is 0 Å². The second-order valence-electron chi connectivity index (χ2n) is 4.75. The lowest BCUT2D eigenvalue weighted by molar-refractivity contribution is 0.673. The van der Waals surface area contributed by atoms with Crippen molar-refractivity contribution in [3.05, 3.63) is 51.2 Å². The third-order valence-electron chi connectivity index (χ3n) is 3.47. The highest BCUT2D eigenvalue weighted by Crippen LogP contribution is 2.26. The minimum atomic E-state index is 0.866. The first-order chi connectivity index (χ1) is 9.33. The van der Waals surface area contributed by atoms with E-state index < -0.39 is 0 Å². The fourth-order valence-corrected chi connectivity index (χ4v) is 3.57. The molecule has 0 radical (unpaired) electrons. The van der Waals surface area contributed by atoms with Gasteiger partial charge in [0.2, 0.25) is 0 Å². The molecule has 100 valence electrons. The monoisotopic (exact) mass is 292 g/mol. The van der Waals surface area contributed by atoms with E-state index in [2.05, 4.69) is 40.5 Å². The minimum absolute atomic E-state index is 0.866. The average Bonchev–Trinajstić information content (AvgIpc) is 3.02. The summed E-state index contributed by atoms with van der Waals surface area (Å²) in [6.45, 7) is 4.12. The van der Waals surface area contributed by atoms with Crippen LogP contribution in [0.3, 0.4) is 0 Å². The first kappa shape index (κ1) is 13.0. The Kier molecular flexibility index (Phi) is 4.06. The first-order valence-electron chi connectivity index (χ1n) is 6.61. The third kappa shape index (κ3) is 3.11. The quantitative estimate of drug-likeness (QED) is 0.848. The van der Waals surface area contributed by atoms with E-state index in [4.69, 9.17) is 11.6 Å². The van der Waals surface area contributed by atoms with Crippen molar-refractivity contribution in [2.24, 2.45) is 0 Å². The number of para-hydroxylation sites is 1. The van der Waals surface area contributed by atoms with Crippen molar-refractivity contribution in [1.29, 1.82) is 0 Å².